The van der Waals surface area contributed by atoms with Gasteiger partial charge in [-0.15, -0.1) is 0 Å². The summed E-state index contributed by atoms with van der Waals surface area (Å²) in [4.78, 5) is 0. The average molecular weight is 314 g/mol. The van der Waals surface area contributed by atoms with Crippen LogP contribution in [0.15, 0.2) is 22.7 Å². The predicted octanol–water partition coefficient (Wildman–Crippen LogP) is 2.99. The predicted molar refractivity (Wildman–Crippen MR) is 60.9 cm³/mol. The Morgan fingerprint density at radius 3 is 2.59 bits per heavy atom. The van der Waals surface area contributed by atoms with Gasteiger partial charge >= 0.3 is 6.18 Å². The maximum atomic E-state index is 11.7. The molecule has 0 heterocycles. The van der Waals surface area contributed by atoms with E-state index in [-0.39, 0.29) is 13.2 Å². The number of nitrogens with two attached hydrogens (primary N) is 1. The van der Waals surface area contributed by atoms with Gasteiger partial charge in [-0.25, -0.2) is 0 Å². The zero-order valence-electron chi connectivity index (χ0n) is 8.76. The van der Waals surface area contributed by atoms with Crippen LogP contribution in [0, 0.1) is 0 Å². The Morgan fingerprint density at radius 1 is 1.24 bits per heavy atom. The maximum absolute atomic E-state index is 11.7. The summed E-state index contributed by atoms with van der Waals surface area (Å²) in [6.45, 7) is -1.38. The lowest BCUT2D eigenvalue weighted by Gasteiger charge is -2.10. The highest BCUT2D eigenvalue weighted by Crippen LogP contribution is 2.30. The van der Waals surface area contributed by atoms with Gasteiger partial charge in [0, 0.05) is 5.69 Å². The molecule has 1 aromatic carbocycles. The van der Waals surface area contributed by atoms with Crippen LogP contribution in [-0.2, 0) is 4.74 Å². The van der Waals surface area contributed by atoms with Crippen LogP contribution in [0.3, 0.4) is 0 Å². The molecule has 0 aliphatic carbocycles. The topological polar surface area (TPSA) is 44.5 Å². The molecule has 1 rings (SSSR count). The highest BCUT2D eigenvalue weighted by molar-refractivity contribution is 9.10. The van der Waals surface area contributed by atoms with Crippen LogP contribution < -0.4 is 10.5 Å². The van der Waals surface area contributed by atoms with Crippen LogP contribution in [0.1, 0.15) is 0 Å². The van der Waals surface area contributed by atoms with Crippen molar-refractivity contribution < 1.29 is 22.6 Å². The van der Waals surface area contributed by atoms with Gasteiger partial charge in [0.15, 0.2) is 0 Å². The third-order valence-electron chi connectivity index (χ3n) is 1.74. The molecular formula is C10H11BrF3NO2. The number of hydrogen-bond donors (Lipinski definition) is 1. The lowest BCUT2D eigenvalue weighted by Crippen LogP contribution is -2.19. The van der Waals surface area contributed by atoms with Crippen LogP contribution in [0.5, 0.6) is 5.75 Å². The fraction of sp³-hybridized carbons (Fsp3) is 0.400. The van der Waals surface area contributed by atoms with E-state index in [0.29, 0.717) is 15.9 Å². The lowest BCUT2D eigenvalue weighted by atomic mass is 10.3. The first-order chi connectivity index (χ1) is 7.90. The minimum atomic E-state index is -4.31. The largest absolute Gasteiger partial charge is 0.490 e. The van der Waals surface area contributed by atoms with Crippen LogP contribution in [0.25, 0.3) is 0 Å². The van der Waals surface area contributed by atoms with Crippen molar-refractivity contribution in [2.45, 2.75) is 6.18 Å². The normalized spacial score (nSPS) is 11.5. The van der Waals surface area contributed by atoms with Crippen molar-refractivity contribution >= 4 is 21.6 Å². The summed E-state index contributed by atoms with van der Waals surface area (Å²) in [7, 11) is 0. The second-order valence-corrected chi connectivity index (χ2v) is 3.97. The maximum Gasteiger partial charge on any atom is 0.411 e. The Morgan fingerprint density at radius 2 is 1.94 bits per heavy atom. The van der Waals surface area contributed by atoms with E-state index < -0.39 is 12.8 Å². The average Bonchev–Trinajstić information content (AvgIpc) is 2.22. The molecule has 0 aliphatic heterocycles. The van der Waals surface area contributed by atoms with Crippen molar-refractivity contribution in [1.29, 1.82) is 0 Å². The van der Waals surface area contributed by atoms with Crippen LogP contribution in [0.2, 0.25) is 0 Å². The molecule has 0 atom stereocenters. The molecule has 0 spiro atoms. The third-order valence-corrected chi connectivity index (χ3v) is 2.59. The highest BCUT2D eigenvalue weighted by Gasteiger charge is 2.27. The Labute approximate surface area is 105 Å². The van der Waals surface area contributed by atoms with Gasteiger partial charge in [-0.05, 0) is 28.1 Å². The van der Waals surface area contributed by atoms with Gasteiger partial charge in [-0.3, -0.25) is 0 Å². The molecule has 2 N–H and O–H groups in total. The lowest BCUT2D eigenvalue weighted by molar-refractivity contribution is -0.175. The van der Waals surface area contributed by atoms with E-state index in [9.17, 15) is 13.2 Å². The van der Waals surface area contributed by atoms with E-state index in [1.807, 2.05) is 0 Å². The van der Waals surface area contributed by atoms with Gasteiger partial charge in [0.1, 0.15) is 19.0 Å². The molecule has 7 heteroatoms. The highest BCUT2D eigenvalue weighted by atomic mass is 79.9. The molecule has 0 aliphatic rings. The van der Waals surface area contributed by atoms with E-state index >= 15 is 0 Å². The Hall–Kier alpha value is -0.950. The minimum absolute atomic E-state index is 0.0259. The molecule has 3 nitrogen and oxygen atoms in total. The first-order valence-electron chi connectivity index (χ1n) is 4.71. The van der Waals surface area contributed by atoms with Crippen molar-refractivity contribution in [3.8, 4) is 5.75 Å². The smallest absolute Gasteiger partial charge is 0.411 e. The summed E-state index contributed by atoms with van der Waals surface area (Å²) in [5.74, 6) is 0.473. The Bertz CT molecular complexity index is 371. The molecular weight excluding hydrogens is 303 g/mol. The SMILES string of the molecule is Nc1cccc(OCCOCC(F)(F)F)c1Br. The molecule has 0 radical (unpaired) electrons. The molecule has 17 heavy (non-hydrogen) atoms. The molecule has 0 fully saturated rings. The molecule has 0 saturated heterocycles. The van der Waals surface area contributed by atoms with Crippen molar-refractivity contribution in [3.63, 3.8) is 0 Å². The van der Waals surface area contributed by atoms with Crippen molar-refractivity contribution in [2.75, 3.05) is 25.6 Å². The molecule has 0 unspecified atom stereocenters. The number of ether oxygens (including phenoxy) is 2. The molecule has 0 aromatic heterocycles. The second-order valence-electron chi connectivity index (χ2n) is 3.18. The van der Waals surface area contributed by atoms with Gasteiger partial charge in [0.25, 0.3) is 0 Å². The van der Waals surface area contributed by atoms with E-state index in [1.165, 1.54) is 0 Å². The van der Waals surface area contributed by atoms with Crippen molar-refractivity contribution in [2.24, 2.45) is 0 Å². The first kappa shape index (κ1) is 14.1. The summed E-state index contributed by atoms with van der Waals surface area (Å²) in [5.41, 5.74) is 6.10. The minimum Gasteiger partial charge on any atom is -0.490 e. The number of nitrogen functional groups attached to an aromatic ring is 1. The zero-order chi connectivity index (χ0) is 12.9. The summed E-state index contributed by atoms with van der Waals surface area (Å²) in [6, 6.07) is 5.02. The van der Waals surface area contributed by atoms with Crippen LogP contribution >= 0.6 is 15.9 Å². The molecule has 0 bridgehead atoms. The van der Waals surface area contributed by atoms with E-state index in [0.717, 1.165) is 0 Å². The summed E-state index contributed by atoms with van der Waals surface area (Å²) in [5, 5.41) is 0. The second kappa shape index (κ2) is 6.11. The van der Waals surface area contributed by atoms with Crippen LogP contribution in [-0.4, -0.2) is 26.0 Å². The van der Waals surface area contributed by atoms with Gasteiger partial charge < -0.3 is 15.2 Å². The number of halogens is 4. The van der Waals surface area contributed by atoms with Gasteiger partial charge in [-0.1, -0.05) is 6.07 Å². The summed E-state index contributed by atoms with van der Waals surface area (Å²) in [6.07, 6.45) is -4.31. The van der Waals surface area contributed by atoms with Crippen LogP contribution in [0.4, 0.5) is 18.9 Å². The monoisotopic (exact) mass is 313 g/mol. The zero-order valence-corrected chi connectivity index (χ0v) is 10.3. The van der Waals surface area contributed by atoms with Crippen molar-refractivity contribution in [3.05, 3.63) is 22.7 Å². The molecule has 96 valence electrons. The fourth-order valence-electron chi connectivity index (χ4n) is 1.04. The van der Waals surface area contributed by atoms with Gasteiger partial charge in [0.2, 0.25) is 0 Å². The summed E-state index contributed by atoms with van der Waals surface area (Å²) < 4.78 is 45.4. The van der Waals surface area contributed by atoms with E-state index in [4.69, 9.17) is 10.5 Å². The van der Waals surface area contributed by atoms with E-state index in [2.05, 4.69) is 20.7 Å². The Balaban J connectivity index is 2.29. The number of rotatable bonds is 5. The molecule has 0 saturated carbocycles. The molecule has 0 amide bonds. The third kappa shape index (κ3) is 5.27. The first-order valence-corrected chi connectivity index (χ1v) is 5.51. The number of benzene rings is 1. The Kier molecular flexibility index (Phi) is 5.07. The standard InChI is InChI=1S/C10H11BrF3NO2/c11-9-7(15)2-1-3-8(9)17-5-4-16-6-10(12,13)14/h1-3H,4-6,15H2. The quantitative estimate of drug-likeness (QED) is 0.671. The number of hydrogen-bond acceptors (Lipinski definition) is 3. The van der Waals surface area contributed by atoms with Gasteiger partial charge in [-0.2, -0.15) is 13.2 Å². The summed E-state index contributed by atoms with van der Waals surface area (Å²) >= 11 is 3.21. The number of anilines is 1. The molecule has 1 aromatic rings. The van der Waals surface area contributed by atoms with Gasteiger partial charge in [0.05, 0.1) is 11.1 Å². The van der Waals surface area contributed by atoms with E-state index in [1.54, 1.807) is 18.2 Å². The van der Waals surface area contributed by atoms with Crippen molar-refractivity contribution in [1.82, 2.24) is 0 Å². The fourth-order valence-corrected chi connectivity index (χ4v) is 1.42. The number of alkyl halides is 3.